The first-order valence-corrected chi connectivity index (χ1v) is 12.2. The molecule has 3 aromatic rings. The predicted octanol–water partition coefficient (Wildman–Crippen LogP) is 7.30. The molecule has 0 spiro atoms. The molecule has 1 atom stereocenters. The molecular weight excluding hydrogens is 424 g/mol. The van der Waals surface area contributed by atoms with Crippen molar-refractivity contribution in [1.29, 1.82) is 0 Å². The first-order valence-electron chi connectivity index (χ1n) is 12.2. The van der Waals surface area contributed by atoms with Crippen LogP contribution in [0, 0.1) is 0 Å². The van der Waals surface area contributed by atoms with E-state index in [1.165, 1.54) is 5.56 Å². The van der Waals surface area contributed by atoms with E-state index in [0.29, 0.717) is 13.2 Å². The van der Waals surface area contributed by atoms with Gasteiger partial charge in [0.1, 0.15) is 41.3 Å². The molecule has 34 heavy (non-hydrogen) atoms. The van der Waals surface area contributed by atoms with Crippen LogP contribution in [0.1, 0.15) is 62.0 Å². The maximum atomic E-state index is 6.65. The van der Waals surface area contributed by atoms with Crippen molar-refractivity contribution < 1.29 is 18.9 Å². The maximum Gasteiger partial charge on any atom is 0.134 e. The van der Waals surface area contributed by atoms with Crippen LogP contribution in [-0.4, -0.2) is 12.2 Å². The number of hydrogen-bond acceptors (Lipinski definition) is 4. The third kappa shape index (κ3) is 4.77. The van der Waals surface area contributed by atoms with Crippen LogP contribution >= 0.6 is 0 Å². The molecule has 2 aliphatic rings. The highest BCUT2D eigenvalue weighted by molar-refractivity contribution is 5.69. The Kier molecular flexibility index (Phi) is 6.23. The number of benzene rings is 3. The van der Waals surface area contributed by atoms with Crippen molar-refractivity contribution in [2.24, 2.45) is 0 Å². The highest BCUT2D eigenvalue weighted by Crippen LogP contribution is 2.46. The molecule has 2 heterocycles. The Morgan fingerprint density at radius 2 is 1.85 bits per heavy atom. The van der Waals surface area contributed by atoms with Crippen LogP contribution in [0.3, 0.4) is 0 Å². The van der Waals surface area contributed by atoms with Gasteiger partial charge in [-0.15, -0.1) is 0 Å². The van der Waals surface area contributed by atoms with Crippen molar-refractivity contribution >= 4 is 6.08 Å². The third-order valence-electron chi connectivity index (χ3n) is 6.24. The zero-order valence-electron chi connectivity index (χ0n) is 20.2. The molecule has 4 nitrogen and oxygen atoms in total. The molecule has 0 bridgehead atoms. The van der Waals surface area contributed by atoms with Crippen LogP contribution in [0.2, 0.25) is 0 Å². The van der Waals surface area contributed by atoms with Crippen LogP contribution in [0.15, 0.2) is 66.7 Å². The number of aryl methyl sites for hydroxylation is 1. The fourth-order valence-corrected chi connectivity index (χ4v) is 4.47. The molecule has 0 aliphatic carbocycles. The lowest BCUT2D eigenvalue weighted by Crippen LogP contribution is -2.28. The van der Waals surface area contributed by atoms with Gasteiger partial charge < -0.3 is 18.9 Å². The monoisotopic (exact) mass is 456 g/mol. The molecule has 0 saturated heterocycles. The Morgan fingerprint density at radius 3 is 2.68 bits per heavy atom. The molecule has 1 unspecified atom stereocenters. The first-order chi connectivity index (χ1) is 16.5. The van der Waals surface area contributed by atoms with Gasteiger partial charge in [-0.05, 0) is 74.6 Å². The molecule has 0 N–H and O–H groups in total. The molecule has 0 radical (unpaired) electrons. The highest BCUT2D eigenvalue weighted by Gasteiger charge is 2.30. The van der Waals surface area contributed by atoms with E-state index >= 15 is 0 Å². The summed E-state index contributed by atoms with van der Waals surface area (Å²) in [5, 5.41) is 0. The molecule has 0 fully saturated rings. The van der Waals surface area contributed by atoms with E-state index in [1.54, 1.807) is 0 Å². The molecule has 0 amide bonds. The van der Waals surface area contributed by atoms with Gasteiger partial charge in [-0.2, -0.15) is 0 Å². The Morgan fingerprint density at radius 1 is 1.00 bits per heavy atom. The summed E-state index contributed by atoms with van der Waals surface area (Å²) in [6.45, 7) is 7.41. The van der Waals surface area contributed by atoms with Crippen LogP contribution in [0.25, 0.3) is 6.08 Å². The van der Waals surface area contributed by atoms with Gasteiger partial charge >= 0.3 is 0 Å². The lowest BCUT2D eigenvalue weighted by atomic mass is 9.93. The van der Waals surface area contributed by atoms with Crippen LogP contribution in [0.5, 0.6) is 23.0 Å². The number of rotatable bonds is 7. The van der Waals surface area contributed by atoms with Gasteiger partial charge in [-0.3, -0.25) is 0 Å². The molecule has 3 aromatic carbocycles. The Bertz CT molecular complexity index is 1180. The number of hydrogen-bond donors (Lipinski definition) is 0. The Hall–Kier alpha value is -3.40. The molecule has 0 saturated carbocycles. The Balaban J connectivity index is 1.44. The molecule has 176 valence electrons. The molecule has 0 aromatic heterocycles. The quantitative estimate of drug-likeness (QED) is 0.374. The van der Waals surface area contributed by atoms with Gasteiger partial charge in [0.05, 0.1) is 12.2 Å². The summed E-state index contributed by atoms with van der Waals surface area (Å²) in [7, 11) is 0. The second-order valence-corrected chi connectivity index (χ2v) is 9.47. The van der Waals surface area contributed by atoms with Gasteiger partial charge in [-0.1, -0.05) is 43.3 Å². The SMILES string of the molecule is CCCOc1ccc(C2CCc3ccc4c(c3O2)C=CC(C)(C)O4)c(OCc2ccccc2)c1. The maximum absolute atomic E-state index is 6.65. The standard InChI is InChI=1S/C30H32O4/c1-4-18-31-23-12-13-24(28(19-23)32-20-21-8-6-5-7-9-21)26-14-10-22-11-15-27-25(29(22)33-26)16-17-30(2,3)34-27/h5-9,11-13,15-17,19,26H,4,10,14,18,20H2,1-3H3. The fraction of sp³-hybridized carbons (Fsp3) is 0.333. The topological polar surface area (TPSA) is 36.9 Å². The van der Waals surface area contributed by atoms with E-state index in [9.17, 15) is 0 Å². The largest absolute Gasteiger partial charge is 0.493 e. The summed E-state index contributed by atoms with van der Waals surface area (Å²) >= 11 is 0. The molecule has 4 heteroatoms. The minimum atomic E-state index is -0.317. The van der Waals surface area contributed by atoms with Gasteiger partial charge in [0, 0.05) is 11.6 Å². The van der Waals surface area contributed by atoms with Gasteiger partial charge in [-0.25, -0.2) is 0 Å². The lowest BCUT2D eigenvalue weighted by molar-refractivity contribution is 0.149. The normalized spacial score (nSPS) is 17.7. The van der Waals surface area contributed by atoms with E-state index in [2.05, 4.69) is 63.3 Å². The van der Waals surface area contributed by atoms with Crippen molar-refractivity contribution in [2.75, 3.05) is 6.61 Å². The second-order valence-electron chi connectivity index (χ2n) is 9.47. The van der Waals surface area contributed by atoms with E-state index in [4.69, 9.17) is 18.9 Å². The van der Waals surface area contributed by atoms with Crippen molar-refractivity contribution in [3.8, 4) is 23.0 Å². The zero-order chi connectivity index (χ0) is 23.5. The van der Waals surface area contributed by atoms with Crippen molar-refractivity contribution in [3.63, 3.8) is 0 Å². The van der Waals surface area contributed by atoms with Crippen molar-refractivity contribution in [1.82, 2.24) is 0 Å². The van der Waals surface area contributed by atoms with Crippen LogP contribution < -0.4 is 18.9 Å². The number of ether oxygens (including phenoxy) is 4. The smallest absolute Gasteiger partial charge is 0.134 e. The summed E-state index contributed by atoms with van der Waals surface area (Å²) < 4.78 is 25.0. The fourth-order valence-electron chi connectivity index (χ4n) is 4.47. The summed E-state index contributed by atoms with van der Waals surface area (Å²) in [6.07, 6.45) is 6.91. The van der Waals surface area contributed by atoms with E-state index < -0.39 is 0 Å². The van der Waals surface area contributed by atoms with E-state index in [1.807, 2.05) is 30.3 Å². The van der Waals surface area contributed by atoms with Crippen molar-refractivity contribution in [3.05, 3.63) is 89.0 Å². The average molecular weight is 457 g/mol. The Labute approximate surface area is 202 Å². The minimum absolute atomic E-state index is 0.103. The van der Waals surface area contributed by atoms with E-state index in [0.717, 1.165) is 59.0 Å². The van der Waals surface area contributed by atoms with Gasteiger partial charge in [0.25, 0.3) is 0 Å². The minimum Gasteiger partial charge on any atom is -0.493 e. The summed E-state index contributed by atoms with van der Waals surface area (Å²) in [6, 6.07) is 20.5. The predicted molar refractivity (Wildman–Crippen MR) is 135 cm³/mol. The summed E-state index contributed by atoms with van der Waals surface area (Å²) in [5.41, 5.74) is 4.10. The van der Waals surface area contributed by atoms with Gasteiger partial charge in [0.15, 0.2) is 0 Å². The highest BCUT2D eigenvalue weighted by atomic mass is 16.5. The zero-order valence-corrected chi connectivity index (χ0v) is 20.2. The molecule has 2 aliphatic heterocycles. The van der Waals surface area contributed by atoms with Gasteiger partial charge in [0.2, 0.25) is 0 Å². The first kappa shape index (κ1) is 22.4. The molecule has 5 rings (SSSR count). The number of fused-ring (bicyclic) bond motifs is 3. The summed E-state index contributed by atoms with van der Waals surface area (Å²) in [4.78, 5) is 0. The third-order valence-corrected chi connectivity index (χ3v) is 6.24. The second kappa shape index (κ2) is 9.46. The lowest BCUT2D eigenvalue weighted by Gasteiger charge is -2.33. The molecular formula is C30H32O4. The summed E-state index contributed by atoms with van der Waals surface area (Å²) in [5.74, 6) is 3.42. The average Bonchev–Trinajstić information content (AvgIpc) is 2.85. The van der Waals surface area contributed by atoms with E-state index in [-0.39, 0.29) is 11.7 Å². The van der Waals surface area contributed by atoms with Crippen molar-refractivity contribution in [2.45, 2.75) is 58.3 Å². The van der Waals surface area contributed by atoms with Crippen LogP contribution in [-0.2, 0) is 13.0 Å². The van der Waals surface area contributed by atoms with Crippen LogP contribution in [0.4, 0.5) is 0 Å².